The van der Waals surface area contributed by atoms with Crippen LogP contribution in [0.25, 0.3) is 10.2 Å². The predicted molar refractivity (Wildman–Crippen MR) is 59.9 cm³/mol. The molecule has 0 fully saturated rings. The summed E-state index contributed by atoms with van der Waals surface area (Å²) in [5.74, 6) is 0.793. The van der Waals surface area contributed by atoms with E-state index in [9.17, 15) is 4.79 Å². The Kier molecular flexibility index (Phi) is 2.79. The second-order valence-corrected chi connectivity index (χ2v) is 4.64. The Morgan fingerprint density at radius 1 is 1.57 bits per heavy atom. The Morgan fingerprint density at radius 2 is 2.43 bits per heavy atom. The van der Waals surface area contributed by atoms with Gasteiger partial charge in [0.15, 0.2) is 0 Å². The molecule has 0 aliphatic rings. The Bertz CT molecular complexity index is 467. The van der Waals surface area contributed by atoms with Crippen LogP contribution in [-0.4, -0.2) is 20.5 Å². The summed E-state index contributed by atoms with van der Waals surface area (Å²) in [6.45, 7) is 1.97. The molecule has 0 spiro atoms. The van der Waals surface area contributed by atoms with Crippen LogP contribution < -0.4 is 0 Å². The average molecular weight is 224 g/mol. The van der Waals surface area contributed by atoms with Gasteiger partial charge in [-0.15, -0.1) is 5.10 Å². The molecule has 5 heteroatoms. The lowest BCUT2D eigenvalue weighted by molar-refractivity contribution is 0.109. The number of thioether (sulfide) groups is 1. The van der Waals surface area contributed by atoms with E-state index in [4.69, 9.17) is 0 Å². The van der Waals surface area contributed by atoms with Gasteiger partial charge in [0.05, 0.1) is 4.70 Å². The van der Waals surface area contributed by atoms with Crippen LogP contribution >= 0.6 is 23.3 Å². The van der Waals surface area contributed by atoms with Gasteiger partial charge in [-0.3, -0.25) is 4.79 Å². The summed E-state index contributed by atoms with van der Waals surface area (Å²) in [6.07, 6.45) is 0. The Hall–Kier alpha value is -0.940. The number of hydrogen-bond acceptors (Lipinski definition) is 5. The molecule has 3 nitrogen and oxygen atoms in total. The maximum atomic E-state index is 11.7. The van der Waals surface area contributed by atoms with Gasteiger partial charge in [0.2, 0.25) is 5.12 Å². The molecule has 14 heavy (non-hydrogen) atoms. The van der Waals surface area contributed by atoms with Crippen molar-refractivity contribution >= 4 is 38.6 Å². The third kappa shape index (κ3) is 1.65. The molecule has 0 aliphatic heterocycles. The van der Waals surface area contributed by atoms with E-state index in [1.165, 1.54) is 23.3 Å². The summed E-state index contributed by atoms with van der Waals surface area (Å²) >= 11 is 2.59. The molecule has 0 atom stereocenters. The second-order valence-electron chi connectivity index (χ2n) is 2.65. The van der Waals surface area contributed by atoms with E-state index in [-0.39, 0.29) is 5.12 Å². The summed E-state index contributed by atoms with van der Waals surface area (Å²) in [5.41, 5.74) is 1.53. The molecule has 0 bridgehead atoms. The molecule has 0 aliphatic carbocycles. The molecule has 2 aromatic rings. The standard InChI is InChI=1S/C9H8N2OS2/c1-2-13-9(12)6-4-3-5-7-8(6)14-11-10-7/h3-5H,2H2,1H3. The van der Waals surface area contributed by atoms with Gasteiger partial charge in [-0.05, 0) is 29.4 Å². The number of aromatic nitrogens is 2. The van der Waals surface area contributed by atoms with Crippen molar-refractivity contribution in [3.63, 3.8) is 0 Å². The third-order valence-corrected chi connectivity index (χ3v) is 3.32. The van der Waals surface area contributed by atoms with Gasteiger partial charge < -0.3 is 0 Å². The minimum absolute atomic E-state index is 0.101. The van der Waals surface area contributed by atoms with Crippen molar-refractivity contribution in [2.45, 2.75) is 6.92 Å². The van der Waals surface area contributed by atoms with Crippen LogP contribution in [-0.2, 0) is 0 Å². The highest BCUT2D eigenvalue weighted by Crippen LogP contribution is 2.23. The molecule has 0 radical (unpaired) electrons. The third-order valence-electron chi connectivity index (χ3n) is 1.77. The Labute approximate surface area is 89.7 Å². The maximum Gasteiger partial charge on any atom is 0.220 e. The number of carbonyl (C=O) groups is 1. The summed E-state index contributed by atoms with van der Waals surface area (Å²) < 4.78 is 4.72. The molecule has 0 N–H and O–H groups in total. The first-order valence-electron chi connectivity index (χ1n) is 4.21. The van der Waals surface area contributed by atoms with E-state index in [2.05, 4.69) is 9.59 Å². The highest BCUT2D eigenvalue weighted by molar-refractivity contribution is 8.14. The molecule has 1 heterocycles. The molecule has 0 amide bonds. The van der Waals surface area contributed by atoms with Crippen molar-refractivity contribution in [3.05, 3.63) is 23.8 Å². The van der Waals surface area contributed by atoms with Crippen molar-refractivity contribution in [2.24, 2.45) is 0 Å². The predicted octanol–water partition coefficient (Wildman–Crippen LogP) is 2.58. The van der Waals surface area contributed by atoms with Crippen LogP contribution in [0.2, 0.25) is 0 Å². The van der Waals surface area contributed by atoms with Crippen molar-refractivity contribution in [1.29, 1.82) is 0 Å². The van der Waals surface area contributed by atoms with E-state index in [1.807, 2.05) is 25.1 Å². The zero-order valence-corrected chi connectivity index (χ0v) is 9.19. The van der Waals surface area contributed by atoms with Gasteiger partial charge in [0, 0.05) is 5.56 Å². The molecule has 72 valence electrons. The fourth-order valence-corrected chi connectivity index (χ4v) is 2.50. The fourth-order valence-electron chi connectivity index (χ4n) is 1.17. The summed E-state index contributed by atoms with van der Waals surface area (Å²) in [5, 5.41) is 4.03. The highest BCUT2D eigenvalue weighted by atomic mass is 32.2. The van der Waals surface area contributed by atoms with Gasteiger partial charge in [-0.25, -0.2) is 0 Å². The minimum atomic E-state index is 0.101. The zero-order chi connectivity index (χ0) is 9.97. The fraction of sp³-hybridized carbons (Fsp3) is 0.222. The van der Waals surface area contributed by atoms with Crippen molar-refractivity contribution in [3.8, 4) is 0 Å². The summed E-state index contributed by atoms with van der Waals surface area (Å²) in [6, 6.07) is 5.53. The lowest BCUT2D eigenvalue weighted by Gasteiger charge is -1.98. The molecule has 0 unspecified atom stereocenters. The van der Waals surface area contributed by atoms with Crippen LogP contribution in [0.3, 0.4) is 0 Å². The van der Waals surface area contributed by atoms with Crippen molar-refractivity contribution in [1.82, 2.24) is 9.59 Å². The van der Waals surface area contributed by atoms with Crippen molar-refractivity contribution in [2.75, 3.05) is 5.75 Å². The monoisotopic (exact) mass is 224 g/mol. The van der Waals surface area contributed by atoms with Gasteiger partial charge in [0.1, 0.15) is 5.52 Å². The molecular formula is C9H8N2OS2. The molecule has 2 rings (SSSR count). The molecule has 0 saturated carbocycles. The van der Waals surface area contributed by atoms with Crippen LogP contribution in [0.5, 0.6) is 0 Å². The first-order valence-corrected chi connectivity index (χ1v) is 5.97. The SMILES string of the molecule is CCSC(=O)c1cccc2nnsc12. The van der Waals surface area contributed by atoms with Crippen LogP contribution in [0.1, 0.15) is 17.3 Å². The Morgan fingerprint density at radius 3 is 3.21 bits per heavy atom. The number of rotatable bonds is 2. The van der Waals surface area contributed by atoms with Crippen LogP contribution in [0.4, 0.5) is 0 Å². The molecule has 1 aromatic carbocycles. The van der Waals surface area contributed by atoms with Crippen molar-refractivity contribution < 1.29 is 4.79 Å². The first kappa shape index (κ1) is 9.61. The van der Waals surface area contributed by atoms with Gasteiger partial charge in [-0.2, -0.15) is 0 Å². The number of fused-ring (bicyclic) bond motifs is 1. The zero-order valence-electron chi connectivity index (χ0n) is 7.56. The number of hydrogen-bond donors (Lipinski definition) is 0. The summed E-state index contributed by atoms with van der Waals surface area (Å²) in [4.78, 5) is 11.7. The van der Waals surface area contributed by atoms with Crippen LogP contribution in [0, 0.1) is 0 Å². The van der Waals surface area contributed by atoms with Crippen LogP contribution in [0.15, 0.2) is 18.2 Å². The number of benzene rings is 1. The van der Waals surface area contributed by atoms with E-state index < -0.39 is 0 Å². The molecule has 1 aromatic heterocycles. The van der Waals surface area contributed by atoms with Gasteiger partial charge in [0.25, 0.3) is 0 Å². The number of nitrogens with zero attached hydrogens (tertiary/aromatic N) is 2. The van der Waals surface area contributed by atoms with Gasteiger partial charge in [-0.1, -0.05) is 29.2 Å². The first-order chi connectivity index (χ1) is 6.83. The topological polar surface area (TPSA) is 42.9 Å². The summed E-state index contributed by atoms with van der Waals surface area (Å²) in [7, 11) is 0. The van der Waals surface area contributed by atoms with Gasteiger partial charge >= 0.3 is 0 Å². The number of carbonyl (C=O) groups excluding carboxylic acids is 1. The minimum Gasteiger partial charge on any atom is -0.282 e. The normalized spacial score (nSPS) is 10.6. The van der Waals surface area contributed by atoms with E-state index in [0.29, 0.717) is 0 Å². The Balaban J connectivity index is 2.50. The van der Waals surface area contributed by atoms with E-state index >= 15 is 0 Å². The van der Waals surface area contributed by atoms with E-state index in [0.717, 1.165) is 21.5 Å². The lowest BCUT2D eigenvalue weighted by atomic mass is 10.2. The average Bonchev–Trinajstić information content (AvgIpc) is 2.65. The van der Waals surface area contributed by atoms with E-state index in [1.54, 1.807) is 0 Å². The smallest absolute Gasteiger partial charge is 0.220 e. The quantitative estimate of drug-likeness (QED) is 0.786. The second kappa shape index (κ2) is 4.06. The maximum absolute atomic E-state index is 11.7. The molecule has 0 saturated heterocycles. The lowest BCUT2D eigenvalue weighted by Crippen LogP contribution is -1.93. The highest BCUT2D eigenvalue weighted by Gasteiger charge is 2.11. The molecular weight excluding hydrogens is 216 g/mol. The largest absolute Gasteiger partial charge is 0.282 e.